The molecule has 0 bridgehead atoms. The van der Waals surface area contributed by atoms with Crippen LogP contribution in [0.15, 0.2) is 57.9 Å². The number of thioether (sulfide) groups is 1. The highest BCUT2D eigenvalue weighted by Gasteiger charge is 2.36. The van der Waals surface area contributed by atoms with Crippen LogP contribution in [-0.2, 0) is 11.3 Å². The van der Waals surface area contributed by atoms with Gasteiger partial charge in [0, 0.05) is 27.2 Å². The van der Waals surface area contributed by atoms with Gasteiger partial charge in [0.05, 0.1) is 22.0 Å². The first kappa shape index (κ1) is 22.5. The monoisotopic (exact) mass is 507 g/mol. The molecule has 0 saturated carbocycles. The van der Waals surface area contributed by atoms with E-state index >= 15 is 0 Å². The quantitative estimate of drug-likeness (QED) is 0.380. The Hall–Kier alpha value is -2.71. The summed E-state index contributed by atoms with van der Waals surface area (Å²) in [5.74, 6) is -0.966. The Morgan fingerprint density at radius 2 is 1.75 bits per heavy atom. The summed E-state index contributed by atoms with van der Waals surface area (Å²) < 4.78 is 5.73. The number of carboxylic acids is 1. The fraction of sp³-hybridized carbons (Fsp3) is 0.0455. The third-order valence-corrected chi connectivity index (χ3v) is 6.58. The predicted molar refractivity (Wildman–Crippen MR) is 124 cm³/mol. The molecule has 0 unspecified atom stereocenters. The number of carbonyl (C=O) groups is 3. The lowest BCUT2D eigenvalue weighted by atomic mass is 10.1. The first-order valence-electron chi connectivity index (χ1n) is 9.06. The van der Waals surface area contributed by atoms with E-state index in [0.717, 1.165) is 16.7 Å². The van der Waals surface area contributed by atoms with E-state index in [-0.39, 0.29) is 17.0 Å². The Bertz CT molecular complexity index is 1280. The minimum absolute atomic E-state index is 0.0541. The number of furan rings is 1. The average molecular weight is 509 g/mol. The SMILES string of the molecule is O=C(O)c1ccc(Cl)c(-c2ccc(/C=C3\SC(=O)N(Cc4c(Cl)cccc4Cl)C3=O)o2)c1. The molecular weight excluding hydrogens is 497 g/mol. The second-order valence-electron chi connectivity index (χ2n) is 6.67. The van der Waals surface area contributed by atoms with E-state index in [4.69, 9.17) is 39.2 Å². The van der Waals surface area contributed by atoms with Gasteiger partial charge >= 0.3 is 5.97 Å². The zero-order valence-corrected chi connectivity index (χ0v) is 19.1. The summed E-state index contributed by atoms with van der Waals surface area (Å²) in [5.41, 5.74) is 0.932. The maximum absolute atomic E-state index is 12.8. The Morgan fingerprint density at radius 3 is 2.44 bits per heavy atom. The van der Waals surface area contributed by atoms with Crippen molar-refractivity contribution in [1.82, 2.24) is 4.90 Å². The van der Waals surface area contributed by atoms with Gasteiger partial charge in [-0.15, -0.1) is 0 Å². The first-order valence-corrected chi connectivity index (χ1v) is 11.0. The van der Waals surface area contributed by atoms with Crippen LogP contribution in [0.2, 0.25) is 15.1 Å². The van der Waals surface area contributed by atoms with E-state index in [0.29, 0.717) is 37.7 Å². The second kappa shape index (κ2) is 9.03. The Kier molecular flexibility index (Phi) is 6.35. The zero-order chi connectivity index (χ0) is 23.0. The van der Waals surface area contributed by atoms with Crippen molar-refractivity contribution in [1.29, 1.82) is 0 Å². The minimum atomic E-state index is -1.10. The van der Waals surface area contributed by atoms with Gasteiger partial charge in [-0.05, 0) is 54.2 Å². The molecule has 10 heteroatoms. The molecule has 1 aliphatic heterocycles. The van der Waals surface area contributed by atoms with Gasteiger partial charge in [0.1, 0.15) is 11.5 Å². The molecule has 1 fully saturated rings. The van der Waals surface area contributed by atoms with Crippen LogP contribution in [-0.4, -0.2) is 27.1 Å². The molecule has 1 aliphatic rings. The lowest BCUT2D eigenvalue weighted by Gasteiger charge is -2.14. The standard InChI is InChI=1S/C22H12Cl3NO5S/c23-15-2-1-3-16(24)14(15)10-26-20(27)19(32-22(26)30)9-12-5-7-18(31-12)13-8-11(21(28)29)4-6-17(13)25/h1-9H,10H2,(H,28,29)/b19-9-. The number of benzene rings is 2. The van der Waals surface area contributed by atoms with E-state index < -0.39 is 17.1 Å². The number of halogens is 3. The number of nitrogens with zero attached hydrogens (tertiary/aromatic N) is 1. The molecule has 1 aromatic heterocycles. The summed E-state index contributed by atoms with van der Waals surface area (Å²) >= 11 is 19.3. The molecular formula is C22H12Cl3NO5S. The van der Waals surface area contributed by atoms with E-state index in [9.17, 15) is 19.5 Å². The van der Waals surface area contributed by atoms with Gasteiger partial charge in [-0.3, -0.25) is 14.5 Å². The molecule has 2 aromatic carbocycles. The van der Waals surface area contributed by atoms with Crippen LogP contribution in [0.25, 0.3) is 17.4 Å². The molecule has 1 N–H and O–H groups in total. The molecule has 2 heterocycles. The topological polar surface area (TPSA) is 87.8 Å². The van der Waals surface area contributed by atoms with E-state index in [1.165, 1.54) is 24.3 Å². The van der Waals surface area contributed by atoms with Gasteiger partial charge in [-0.1, -0.05) is 40.9 Å². The second-order valence-corrected chi connectivity index (χ2v) is 8.88. The Labute approximate surface area is 201 Å². The number of amides is 2. The van der Waals surface area contributed by atoms with E-state index in [1.54, 1.807) is 30.3 Å². The first-order chi connectivity index (χ1) is 15.2. The van der Waals surface area contributed by atoms with Gasteiger partial charge in [0.15, 0.2) is 0 Å². The molecule has 3 aromatic rings. The van der Waals surface area contributed by atoms with Crippen LogP contribution < -0.4 is 0 Å². The summed E-state index contributed by atoms with van der Waals surface area (Å²) in [7, 11) is 0. The van der Waals surface area contributed by atoms with Crippen LogP contribution in [0, 0.1) is 0 Å². The van der Waals surface area contributed by atoms with Crippen molar-refractivity contribution in [2.75, 3.05) is 0 Å². The summed E-state index contributed by atoms with van der Waals surface area (Å²) in [5, 5.41) is 9.76. The van der Waals surface area contributed by atoms with Crippen molar-refractivity contribution >= 4 is 69.8 Å². The molecule has 4 rings (SSSR count). The molecule has 2 amide bonds. The van der Waals surface area contributed by atoms with Crippen molar-refractivity contribution in [3.05, 3.63) is 85.4 Å². The van der Waals surface area contributed by atoms with Crippen molar-refractivity contribution < 1.29 is 23.9 Å². The fourth-order valence-corrected chi connectivity index (χ4v) is 4.58. The smallest absolute Gasteiger partial charge is 0.335 e. The predicted octanol–water partition coefficient (Wildman–Crippen LogP) is 6.84. The Morgan fingerprint density at radius 1 is 1.03 bits per heavy atom. The molecule has 0 atom stereocenters. The van der Waals surface area contributed by atoms with Gasteiger partial charge in [0.2, 0.25) is 0 Å². The maximum atomic E-state index is 12.8. The highest BCUT2D eigenvalue weighted by Crippen LogP contribution is 2.37. The number of imide groups is 1. The van der Waals surface area contributed by atoms with E-state index in [2.05, 4.69) is 0 Å². The lowest BCUT2D eigenvalue weighted by Crippen LogP contribution is -2.27. The lowest BCUT2D eigenvalue weighted by molar-refractivity contribution is -0.123. The summed E-state index contributed by atoms with van der Waals surface area (Å²) in [4.78, 5) is 37.7. The van der Waals surface area contributed by atoms with Crippen molar-refractivity contribution in [3.8, 4) is 11.3 Å². The molecule has 32 heavy (non-hydrogen) atoms. The largest absolute Gasteiger partial charge is 0.478 e. The van der Waals surface area contributed by atoms with Crippen LogP contribution in [0.3, 0.4) is 0 Å². The summed E-state index contributed by atoms with van der Waals surface area (Å²) in [6.07, 6.45) is 1.44. The van der Waals surface area contributed by atoms with Gasteiger partial charge < -0.3 is 9.52 Å². The highest BCUT2D eigenvalue weighted by molar-refractivity contribution is 8.18. The van der Waals surface area contributed by atoms with E-state index in [1.807, 2.05) is 0 Å². The van der Waals surface area contributed by atoms with Gasteiger partial charge in [-0.25, -0.2) is 4.79 Å². The van der Waals surface area contributed by atoms with Crippen molar-refractivity contribution in [3.63, 3.8) is 0 Å². The Balaban J connectivity index is 1.59. The van der Waals surface area contributed by atoms with Crippen molar-refractivity contribution in [2.45, 2.75) is 6.54 Å². The third-order valence-electron chi connectivity index (χ3n) is 4.63. The number of rotatable bonds is 5. The van der Waals surface area contributed by atoms with Crippen molar-refractivity contribution in [2.24, 2.45) is 0 Å². The molecule has 0 spiro atoms. The molecule has 6 nitrogen and oxygen atoms in total. The zero-order valence-electron chi connectivity index (χ0n) is 16.0. The number of hydrogen-bond donors (Lipinski definition) is 1. The van der Waals surface area contributed by atoms with Crippen LogP contribution >= 0.6 is 46.6 Å². The number of aromatic carboxylic acids is 1. The molecule has 1 saturated heterocycles. The van der Waals surface area contributed by atoms with Crippen LogP contribution in [0.1, 0.15) is 21.7 Å². The van der Waals surface area contributed by atoms with Crippen LogP contribution in [0.5, 0.6) is 0 Å². The van der Waals surface area contributed by atoms with Crippen LogP contribution in [0.4, 0.5) is 4.79 Å². The summed E-state index contributed by atoms with van der Waals surface area (Å²) in [6, 6.07) is 12.4. The van der Waals surface area contributed by atoms with Gasteiger partial charge in [-0.2, -0.15) is 0 Å². The minimum Gasteiger partial charge on any atom is -0.478 e. The maximum Gasteiger partial charge on any atom is 0.335 e. The fourth-order valence-electron chi connectivity index (χ4n) is 3.03. The number of carboxylic acid groups (broad SMARTS) is 1. The molecule has 162 valence electrons. The summed E-state index contributed by atoms with van der Waals surface area (Å²) in [6.45, 7) is -0.0541. The highest BCUT2D eigenvalue weighted by atomic mass is 35.5. The molecule has 0 aliphatic carbocycles. The van der Waals surface area contributed by atoms with Gasteiger partial charge in [0.25, 0.3) is 11.1 Å². The number of hydrogen-bond acceptors (Lipinski definition) is 5. The normalized spacial score (nSPS) is 15.1. The molecule has 0 radical (unpaired) electrons. The average Bonchev–Trinajstić information content (AvgIpc) is 3.30. The third kappa shape index (κ3) is 4.42. The number of carbonyl (C=O) groups excluding carboxylic acids is 2.